The number of rotatable bonds is 2. The van der Waals surface area contributed by atoms with E-state index >= 15 is 0 Å². The maximum atomic E-state index is 13.4. The van der Waals surface area contributed by atoms with Crippen LogP contribution in [0.15, 0.2) is 18.2 Å². The SMILES string of the molecule is Cl.O=C(c1ccc(F)cc1F)C1(O)CCNCC1. The van der Waals surface area contributed by atoms with Crippen LogP contribution in [0.4, 0.5) is 8.78 Å². The van der Waals surface area contributed by atoms with Gasteiger partial charge in [-0.3, -0.25) is 4.79 Å². The summed E-state index contributed by atoms with van der Waals surface area (Å²) in [5.41, 5.74) is -1.79. The van der Waals surface area contributed by atoms with Crippen molar-refractivity contribution >= 4 is 18.2 Å². The Morgan fingerprint density at radius 3 is 2.44 bits per heavy atom. The highest BCUT2D eigenvalue weighted by molar-refractivity contribution is 6.02. The van der Waals surface area contributed by atoms with Crippen molar-refractivity contribution < 1.29 is 18.7 Å². The van der Waals surface area contributed by atoms with E-state index < -0.39 is 23.0 Å². The Morgan fingerprint density at radius 2 is 1.89 bits per heavy atom. The van der Waals surface area contributed by atoms with Crippen molar-refractivity contribution in [3.8, 4) is 0 Å². The summed E-state index contributed by atoms with van der Waals surface area (Å²) in [6, 6.07) is 2.74. The molecule has 1 aliphatic rings. The first-order valence-electron chi connectivity index (χ1n) is 5.46. The predicted molar refractivity (Wildman–Crippen MR) is 65.0 cm³/mol. The monoisotopic (exact) mass is 277 g/mol. The molecule has 6 heteroatoms. The van der Waals surface area contributed by atoms with Gasteiger partial charge in [-0.05, 0) is 38.1 Å². The summed E-state index contributed by atoms with van der Waals surface area (Å²) in [5, 5.41) is 13.1. The Balaban J connectivity index is 0.00000162. The van der Waals surface area contributed by atoms with Gasteiger partial charge in [0.05, 0.1) is 5.56 Å². The lowest BCUT2D eigenvalue weighted by atomic mass is 9.84. The van der Waals surface area contributed by atoms with Crippen LogP contribution in [0.1, 0.15) is 23.2 Å². The van der Waals surface area contributed by atoms with Crippen molar-refractivity contribution in [2.24, 2.45) is 0 Å². The number of halogens is 3. The summed E-state index contributed by atoms with van der Waals surface area (Å²) in [7, 11) is 0. The molecule has 0 radical (unpaired) electrons. The van der Waals surface area contributed by atoms with E-state index in [2.05, 4.69) is 5.32 Å². The van der Waals surface area contributed by atoms with Crippen LogP contribution >= 0.6 is 12.4 Å². The van der Waals surface area contributed by atoms with Crippen LogP contribution in [0.25, 0.3) is 0 Å². The lowest BCUT2D eigenvalue weighted by Gasteiger charge is -2.31. The van der Waals surface area contributed by atoms with Crippen molar-refractivity contribution in [1.29, 1.82) is 0 Å². The normalized spacial score (nSPS) is 17.9. The average Bonchev–Trinajstić information content (AvgIpc) is 2.29. The second-order valence-electron chi connectivity index (χ2n) is 4.23. The summed E-state index contributed by atoms with van der Waals surface area (Å²) in [5.74, 6) is -2.34. The molecule has 1 saturated heterocycles. The fraction of sp³-hybridized carbons (Fsp3) is 0.417. The first kappa shape index (κ1) is 15.0. The van der Waals surface area contributed by atoms with Gasteiger partial charge in [-0.1, -0.05) is 0 Å². The number of benzene rings is 1. The molecule has 0 aromatic heterocycles. The van der Waals surface area contributed by atoms with Gasteiger partial charge in [0, 0.05) is 6.07 Å². The number of ketones is 1. The highest BCUT2D eigenvalue weighted by Crippen LogP contribution is 2.24. The van der Waals surface area contributed by atoms with Gasteiger partial charge in [-0.25, -0.2) is 8.78 Å². The molecule has 18 heavy (non-hydrogen) atoms. The maximum Gasteiger partial charge on any atom is 0.197 e. The van der Waals surface area contributed by atoms with Gasteiger partial charge >= 0.3 is 0 Å². The van der Waals surface area contributed by atoms with Crippen molar-refractivity contribution in [2.45, 2.75) is 18.4 Å². The molecular weight excluding hydrogens is 264 g/mol. The molecular formula is C12H14ClF2NO2. The maximum absolute atomic E-state index is 13.4. The van der Waals surface area contributed by atoms with Crippen molar-refractivity contribution in [3.63, 3.8) is 0 Å². The fourth-order valence-electron chi connectivity index (χ4n) is 1.99. The van der Waals surface area contributed by atoms with Crippen molar-refractivity contribution in [3.05, 3.63) is 35.4 Å². The fourth-order valence-corrected chi connectivity index (χ4v) is 1.99. The topological polar surface area (TPSA) is 49.3 Å². The van der Waals surface area contributed by atoms with E-state index in [0.29, 0.717) is 19.2 Å². The van der Waals surface area contributed by atoms with Gasteiger partial charge in [0.2, 0.25) is 0 Å². The van der Waals surface area contributed by atoms with E-state index in [-0.39, 0.29) is 30.8 Å². The molecule has 1 heterocycles. The molecule has 1 fully saturated rings. The van der Waals surface area contributed by atoms with Gasteiger partial charge in [-0.2, -0.15) is 0 Å². The lowest BCUT2D eigenvalue weighted by molar-refractivity contribution is 0.0151. The first-order chi connectivity index (χ1) is 8.03. The van der Waals surface area contributed by atoms with E-state index in [9.17, 15) is 18.7 Å². The van der Waals surface area contributed by atoms with Crippen LogP contribution < -0.4 is 5.32 Å². The molecule has 0 amide bonds. The van der Waals surface area contributed by atoms with Crippen LogP contribution in [0.2, 0.25) is 0 Å². The number of carbonyl (C=O) groups excluding carboxylic acids is 1. The van der Waals surface area contributed by atoms with E-state index in [4.69, 9.17) is 0 Å². The Bertz CT molecular complexity index is 448. The number of Topliss-reactive ketones (excluding diaryl/α,β-unsaturated/α-hetero) is 1. The van der Waals surface area contributed by atoms with Crippen LogP contribution in [-0.4, -0.2) is 29.6 Å². The van der Waals surface area contributed by atoms with Gasteiger partial charge in [-0.15, -0.1) is 12.4 Å². The molecule has 0 atom stereocenters. The van der Waals surface area contributed by atoms with E-state index in [0.717, 1.165) is 12.1 Å². The molecule has 0 unspecified atom stereocenters. The Kier molecular flexibility index (Phi) is 4.78. The Labute approximate surface area is 110 Å². The first-order valence-corrected chi connectivity index (χ1v) is 5.46. The third-order valence-corrected chi connectivity index (χ3v) is 3.03. The minimum atomic E-state index is -1.54. The third kappa shape index (κ3) is 2.85. The summed E-state index contributed by atoms with van der Waals surface area (Å²) in [6.45, 7) is 1.01. The number of hydrogen-bond donors (Lipinski definition) is 2. The molecule has 2 rings (SSSR count). The van der Waals surface area contributed by atoms with Crippen LogP contribution in [0.3, 0.4) is 0 Å². The zero-order valence-electron chi connectivity index (χ0n) is 9.58. The van der Waals surface area contributed by atoms with E-state index in [1.54, 1.807) is 0 Å². The van der Waals surface area contributed by atoms with Crippen LogP contribution in [-0.2, 0) is 0 Å². The van der Waals surface area contributed by atoms with Gasteiger partial charge in [0.15, 0.2) is 5.78 Å². The second kappa shape index (κ2) is 5.73. The molecule has 3 nitrogen and oxygen atoms in total. The van der Waals surface area contributed by atoms with Gasteiger partial charge < -0.3 is 10.4 Å². The van der Waals surface area contributed by atoms with Crippen molar-refractivity contribution in [2.75, 3.05) is 13.1 Å². The molecule has 100 valence electrons. The molecule has 1 aliphatic heterocycles. The third-order valence-electron chi connectivity index (χ3n) is 3.03. The molecule has 0 bridgehead atoms. The van der Waals surface area contributed by atoms with E-state index in [1.165, 1.54) is 0 Å². The lowest BCUT2D eigenvalue weighted by Crippen LogP contribution is -2.48. The number of piperidine rings is 1. The Hall–Kier alpha value is -1.04. The smallest absolute Gasteiger partial charge is 0.197 e. The zero-order valence-corrected chi connectivity index (χ0v) is 10.4. The summed E-state index contributed by atoms with van der Waals surface area (Å²) >= 11 is 0. The summed E-state index contributed by atoms with van der Waals surface area (Å²) in [4.78, 5) is 12.0. The van der Waals surface area contributed by atoms with E-state index in [1.807, 2.05) is 0 Å². The molecule has 0 spiro atoms. The van der Waals surface area contributed by atoms with Gasteiger partial charge in [0.25, 0.3) is 0 Å². The largest absolute Gasteiger partial charge is 0.382 e. The number of hydrogen-bond acceptors (Lipinski definition) is 3. The molecule has 0 saturated carbocycles. The average molecular weight is 278 g/mol. The highest BCUT2D eigenvalue weighted by Gasteiger charge is 2.38. The molecule has 0 aliphatic carbocycles. The summed E-state index contributed by atoms with van der Waals surface area (Å²) < 4.78 is 26.2. The van der Waals surface area contributed by atoms with Gasteiger partial charge in [0.1, 0.15) is 17.2 Å². The quantitative estimate of drug-likeness (QED) is 0.809. The minimum Gasteiger partial charge on any atom is -0.382 e. The minimum absolute atomic E-state index is 0. The zero-order chi connectivity index (χ0) is 12.5. The standard InChI is InChI=1S/C12H13F2NO2.ClH/c13-8-1-2-9(10(14)7-8)11(16)12(17)3-5-15-6-4-12;/h1-2,7,15,17H,3-6H2;1H. The predicted octanol–water partition coefficient (Wildman–Crippen LogP) is 1.68. The molecule has 1 aromatic rings. The number of carbonyl (C=O) groups is 1. The molecule has 2 N–H and O–H groups in total. The Morgan fingerprint density at radius 1 is 1.28 bits per heavy atom. The second-order valence-corrected chi connectivity index (χ2v) is 4.23. The van der Waals surface area contributed by atoms with Crippen molar-refractivity contribution in [1.82, 2.24) is 5.32 Å². The molecule has 1 aromatic carbocycles. The highest BCUT2D eigenvalue weighted by atomic mass is 35.5. The summed E-state index contributed by atoms with van der Waals surface area (Å²) in [6.07, 6.45) is 0.477. The van der Waals surface area contributed by atoms with Crippen LogP contribution in [0, 0.1) is 11.6 Å². The number of nitrogens with one attached hydrogen (secondary N) is 1. The van der Waals surface area contributed by atoms with Crippen LogP contribution in [0.5, 0.6) is 0 Å². The number of aliphatic hydroxyl groups is 1.